The molecule has 110 valence electrons. The lowest BCUT2D eigenvalue weighted by Crippen LogP contribution is -2.36. The third-order valence-corrected chi connectivity index (χ3v) is 3.57. The molecule has 1 atom stereocenters. The molecule has 0 radical (unpaired) electrons. The van der Waals surface area contributed by atoms with E-state index in [0.717, 1.165) is 6.54 Å². The first kappa shape index (κ1) is 16.1. The quantitative estimate of drug-likeness (QED) is 0.445. The van der Waals surface area contributed by atoms with Crippen molar-refractivity contribution in [2.45, 2.75) is 64.5 Å². The van der Waals surface area contributed by atoms with Crippen molar-refractivity contribution in [2.75, 3.05) is 13.1 Å². The van der Waals surface area contributed by atoms with Crippen molar-refractivity contribution in [3.8, 4) is 0 Å². The van der Waals surface area contributed by atoms with Gasteiger partial charge in [0.25, 0.3) is 0 Å². The van der Waals surface area contributed by atoms with Gasteiger partial charge in [0.2, 0.25) is 0 Å². The van der Waals surface area contributed by atoms with E-state index in [2.05, 4.69) is 35.5 Å². The van der Waals surface area contributed by atoms with Crippen molar-refractivity contribution in [2.24, 2.45) is 5.73 Å². The van der Waals surface area contributed by atoms with Gasteiger partial charge in [0.1, 0.15) is 6.17 Å². The molecule has 0 aromatic carbocycles. The highest BCUT2D eigenvalue weighted by Gasteiger charge is 2.13. The van der Waals surface area contributed by atoms with E-state index in [9.17, 15) is 0 Å². The summed E-state index contributed by atoms with van der Waals surface area (Å²) in [6, 6.07) is 0. The first-order valence-corrected chi connectivity index (χ1v) is 7.93. The largest absolute Gasteiger partial charge is 0.367 e. The maximum Gasteiger partial charge on any atom is 0.118 e. The number of hydrogen-bond acceptors (Lipinski definition) is 3. The van der Waals surface area contributed by atoms with Crippen molar-refractivity contribution in [3.63, 3.8) is 0 Å². The van der Waals surface area contributed by atoms with E-state index in [0.29, 0.717) is 12.7 Å². The highest BCUT2D eigenvalue weighted by Crippen LogP contribution is 2.10. The average molecular weight is 265 g/mol. The van der Waals surface area contributed by atoms with Crippen LogP contribution in [0.25, 0.3) is 0 Å². The molecule has 0 amide bonds. The summed E-state index contributed by atoms with van der Waals surface area (Å²) in [5.41, 5.74) is 5.59. The molecule has 0 saturated heterocycles. The lowest BCUT2D eigenvalue weighted by Gasteiger charge is -2.21. The lowest BCUT2D eigenvalue weighted by molar-refractivity contribution is 0.333. The van der Waals surface area contributed by atoms with Crippen LogP contribution in [0.3, 0.4) is 0 Å². The number of unbranched alkanes of at least 4 members (excludes halogenated alkanes) is 7. The molecule has 3 nitrogen and oxygen atoms in total. The third kappa shape index (κ3) is 7.26. The van der Waals surface area contributed by atoms with Crippen LogP contribution in [0.5, 0.6) is 0 Å². The highest BCUT2D eigenvalue weighted by molar-refractivity contribution is 5.04. The van der Waals surface area contributed by atoms with E-state index in [1.807, 2.05) is 6.20 Å². The van der Waals surface area contributed by atoms with Gasteiger partial charge in [0.15, 0.2) is 0 Å². The minimum atomic E-state index is 0.313. The van der Waals surface area contributed by atoms with Crippen molar-refractivity contribution in [3.05, 3.63) is 24.6 Å². The molecule has 1 unspecified atom stereocenters. The minimum absolute atomic E-state index is 0.313. The standard InChI is InChI=1S/C16H31N3/c1-2-3-4-5-6-7-8-9-10-11-16-18-13-15-19(16)14-12-17/h10-11,13,15-16,18H,2-9,12,14,17H2,1H3/b11-10+. The van der Waals surface area contributed by atoms with Gasteiger partial charge in [-0.1, -0.05) is 51.5 Å². The number of nitrogens with two attached hydrogens (primary N) is 1. The Kier molecular flexibility index (Phi) is 9.25. The molecule has 3 N–H and O–H groups in total. The SMILES string of the molecule is CCCCCCCCC/C=C/C1NC=CN1CCN. The fourth-order valence-electron chi connectivity index (χ4n) is 2.40. The van der Waals surface area contributed by atoms with Gasteiger partial charge < -0.3 is 16.0 Å². The normalized spacial score (nSPS) is 18.4. The number of hydrogen-bond donors (Lipinski definition) is 2. The third-order valence-electron chi connectivity index (χ3n) is 3.57. The molecular formula is C16H31N3. The summed E-state index contributed by atoms with van der Waals surface area (Å²) in [6.07, 6.45) is 19.8. The summed E-state index contributed by atoms with van der Waals surface area (Å²) in [7, 11) is 0. The van der Waals surface area contributed by atoms with E-state index >= 15 is 0 Å². The summed E-state index contributed by atoms with van der Waals surface area (Å²) in [6.45, 7) is 3.88. The van der Waals surface area contributed by atoms with Crippen LogP contribution in [-0.2, 0) is 0 Å². The Labute approximate surface area is 118 Å². The predicted octanol–water partition coefficient (Wildman–Crippen LogP) is 3.34. The zero-order valence-corrected chi connectivity index (χ0v) is 12.5. The number of rotatable bonds is 11. The smallest absolute Gasteiger partial charge is 0.118 e. The topological polar surface area (TPSA) is 41.3 Å². The van der Waals surface area contributed by atoms with Gasteiger partial charge in [0, 0.05) is 25.5 Å². The van der Waals surface area contributed by atoms with Gasteiger partial charge in [-0.2, -0.15) is 0 Å². The molecule has 1 aliphatic heterocycles. The Balaban J connectivity index is 1.98. The van der Waals surface area contributed by atoms with Gasteiger partial charge in [-0.3, -0.25) is 0 Å². The number of nitrogens with zero attached hydrogens (tertiary/aromatic N) is 1. The maximum atomic E-state index is 5.59. The molecule has 0 aromatic rings. The Bertz CT molecular complexity index is 261. The van der Waals surface area contributed by atoms with Crippen LogP contribution in [0.15, 0.2) is 24.6 Å². The fourth-order valence-corrected chi connectivity index (χ4v) is 2.40. The molecule has 0 bridgehead atoms. The molecule has 3 heteroatoms. The van der Waals surface area contributed by atoms with E-state index in [1.165, 1.54) is 51.4 Å². The second kappa shape index (κ2) is 10.9. The summed E-state index contributed by atoms with van der Waals surface area (Å²) in [5.74, 6) is 0. The predicted molar refractivity (Wildman–Crippen MR) is 83.6 cm³/mol. The Morgan fingerprint density at radius 1 is 1.16 bits per heavy atom. The van der Waals surface area contributed by atoms with Gasteiger partial charge in [-0.05, 0) is 18.9 Å². The summed E-state index contributed by atoms with van der Waals surface area (Å²) >= 11 is 0. The zero-order chi connectivity index (χ0) is 13.8. The molecule has 0 spiro atoms. The van der Waals surface area contributed by atoms with Crippen molar-refractivity contribution < 1.29 is 0 Å². The molecule has 1 heterocycles. The molecular weight excluding hydrogens is 234 g/mol. The molecule has 0 saturated carbocycles. The van der Waals surface area contributed by atoms with Crippen LogP contribution in [0.2, 0.25) is 0 Å². The van der Waals surface area contributed by atoms with Crippen LogP contribution in [0.4, 0.5) is 0 Å². The molecule has 1 rings (SSSR count). The van der Waals surface area contributed by atoms with E-state index < -0.39 is 0 Å². The fraction of sp³-hybridized carbons (Fsp3) is 0.750. The molecule has 19 heavy (non-hydrogen) atoms. The lowest BCUT2D eigenvalue weighted by atomic mass is 10.1. The summed E-state index contributed by atoms with van der Waals surface area (Å²) in [4.78, 5) is 2.24. The van der Waals surface area contributed by atoms with Gasteiger partial charge in [0.05, 0.1) is 0 Å². The van der Waals surface area contributed by atoms with Gasteiger partial charge in [-0.25, -0.2) is 0 Å². The van der Waals surface area contributed by atoms with Crippen molar-refractivity contribution >= 4 is 0 Å². The van der Waals surface area contributed by atoms with Gasteiger partial charge in [-0.15, -0.1) is 0 Å². The molecule has 0 fully saturated rings. The van der Waals surface area contributed by atoms with Crippen molar-refractivity contribution in [1.29, 1.82) is 0 Å². The second-order valence-electron chi connectivity index (χ2n) is 5.29. The zero-order valence-electron chi connectivity index (χ0n) is 12.5. The van der Waals surface area contributed by atoms with Crippen LogP contribution >= 0.6 is 0 Å². The molecule has 1 aliphatic rings. The summed E-state index contributed by atoms with van der Waals surface area (Å²) in [5, 5.41) is 3.32. The molecule has 0 aliphatic carbocycles. The van der Waals surface area contributed by atoms with Crippen LogP contribution in [-0.4, -0.2) is 24.2 Å². The number of allylic oxidation sites excluding steroid dienone is 1. The number of nitrogens with one attached hydrogen (secondary N) is 1. The first-order chi connectivity index (χ1) is 9.38. The monoisotopic (exact) mass is 265 g/mol. The van der Waals surface area contributed by atoms with Crippen LogP contribution < -0.4 is 11.1 Å². The Hall–Kier alpha value is -0.960. The van der Waals surface area contributed by atoms with Gasteiger partial charge >= 0.3 is 0 Å². The Morgan fingerprint density at radius 2 is 1.89 bits per heavy atom. The first-order valence-electron chi connectivity index (χ1n) is 7.93. The van der Waals surface area contributed by atoms with Crippen LogP contribution in [0.1, 0.15) is 58.3 Å². The molecule has 0 aromatic heterocycles. The minimum Gasteiger partial charge on any atom is -0.367 e. The van der Waals surface area contributed by atoms with Crippen molar-refractivity contribution in [1.82, 2.24) is 10.2 Å². The summed E-state index contributed by atoms with van der Waals surface area (Å²) < 4.78 is 0. The highest BCUT2D eigenvalue weighted by atomic mass is 15.3. The second-order valence-corrected chi connectivity index (χ2v) is 5.29. The maximum absolute atomic E-state index is 5.59. The van der Waals surface area contributed by atoms with E-state index in [1.54, 1.807) is 0 Å². The van der Waals surface area contributed by atoms with E-state index in [4.69, 9.17) is 5.73 Å². The Morgan fingerprint density at radius 3 is 2.63 bits per heavy atom. The average Bonchev–Trinajstić information content (AvgIpc) is 2.85. The van der Waals surface area contributed by atoms with Crippen LogP contribution in [0, 0.1) is 0 Å². The van der Waals surface area contributed by atoms with E-state index in [-0.39, 0.29) is 0 Å².